The predicted molar refractivity (Wildman–Crippen MR) is 132 cm³/mol. The van der Waals surface area contributed by atoms with Gasteiger partial charge in [-0.2, -0.15) is 5.10 Å². The quantitative estimate of drug-likeness (QED) is 0.473. The fraction of sp³-hybridized carbons (Fsp3) is 0.417. The van der Waals surface area contributed by atoms with E-state index in [9.17, 15) is 4.79 Å². The van der Waals surface area contributed by atoms with Gasteiger partial charge < -0.3 is 19.5 Å². The summed E-state index contributed by atoms with van der Waals surface area (Å²) in [6.07, 6.45) is 1.71. The first kappa shape index (κ1) is 24.1. The lowest BCUT2D eigenvalue weighted by Crippen LogP contribution is -2.48. The number of methoxy groups -OCH3 is 3. The Labute approximate surface area is 203 Å². The van der Waals surface area contributed by atoms with Gasteiger partial charge >= 0.3 is 0 Å². The molecule has 1 aromatic carbocycles. The van der Waals surface area contributed by atoms with Gasteiger partial charge in [0.15, 0.2) is 11.5 Å². The molecule has 2 aromatic heterocycles. The minimum atomic E-state index is -0.0251. The van der Waals surface area contributed by atoms with E-state index in [1.54, 1.807) is 38.9 Å². The Morgan fingerprint density at radius 1 is 0.971 bits per heavy atom. The number of aromatic nitrogens is 2. The molecule has 3 heterocycles. The van der Waals surface area contributed by atoms with E-state index < -0.39 is 0 Å². The largest absolute Gasteiger partial charge is 0.493 e. The molecular weight excluding hydrogens is 454 g/mol. The third-order valence-electron chi connectivity index (χ3n) is 5.88. The maximum absolute atomic E-state index is 12.7. The Balaban J connectivity index is 1.28. The lowest BCUT2D eigenvalue weighted by molar-refractivity contribution is -0.117. The van der Waals surface area contributed by atoms with Crippen LogP contribution in [0.4, 0.5) is 5.82 Å². The number of hydrogen-bond donors (Lipinski definition) is 1. The second kappa shape index (κ2) is 11.4. The summed E-state index contributed by atoms with van der Waals surface area (Å²) >= 11 is 1.68. The van der Waals surface area contributed by atoms with E-state index in [1.165, 1.54) is 4.88 Å². The Morgan fingerprint density at radius 2 is 1.74 bits per heavy atom. The number of thiophene rings is 1. The first-order valence-electron chi connectivity index (χ1n) is 11.2. The molecule has 0 bridgehead atoms. The van der Waals surface area contributed by atoms with E-state index in [0.29, 0.717) is 30.3 Å². The smallest absolute Gasteiger partial charge is 0.239 e. The van der Waals surface area contributed by atoms with Gasteiger partial charge in [0.05, 0.1) is 40.6 Å². The third-order valence-corrected chi connectivity index (χ3v) is 6.74. The average molecular weight is 486 g/mol. The molecule has 0 radical (unpaired) electrons. The van der Waals surface area contributed by atoms with Crippen LogP contribution in [0, 0.1) is 0 Å². The van der Waals surface area contributed by atoms with Crippen LogP contribution in [0.2, 0.25) is 0 Å². The first-order valence-corrected chi connectivity index (χ1v) is 12.1. The molecule has 1 aliphatic heterocycles. The summed E-state index contributed by atoms with van der Waals surface area (Å²) in [5.41, 5.74) is 1.05. The normalized spacial score (nSPS) is 14.7. The molecule has 1 amide bonds. The highest BCUT2D eigenvalue weighted by molar-refractivity contribution is 7.09. The molecule has 0 atom stereocenters. The van der Waals surface area contributed by atoms with Gasteiger partial charge in [-0.15, -0.1) is 11.3 Å². The fourth-order valence-corrected chi connectivity index (χ4v) is 4.82. The molecule has 1 N–H and O–H groups in total. The van der Waals surface area contributed by atoms with Crippen molar-refractivity contribution in [1.29, 1.82) is 0 Å². The molecule has 1 aliphatic rings. The van der Waals surface area contributed by atoms with Gasteiger partial charge in [-0.3, -0.25) is 14.6 Å². The average Bonchev–Trinajstić information content (AvgIpc) is 3.52. The lowest BCUT2D eigenvalue weighted by atomic mass is 10.1. The fourth-order valence-electron chi connectivity index (χ4n) is 4.13. The van der Waals surface area contributed by atoms with Crippen LogP contribution >= 0.6 is 11.3 Å². The monoisotopic (exact) mass is 485 g/mol. The van der Waals surface area contributed by atoms with Crippen molar-refractivity contribution in [3.05, 3.63) is 52.3 Å². The third kappa shape index (κ3) is 5.69. The van der Waals surface area contributed by atoms with E-state index in [2.05, 4.69) is 26.3 Å². The number of carbonyl (C=O) groups is 1. The molecule has 1 saturated heterocycles. The number of rotatable bonds is 10. The van der Waals surface area contributed by atoms with Crippen LogP contribution in [0.1, 0.15) is 10.4 Å². The van der Waals surface area contributed by atoms with E-state index in [0.717, 1.165) is 44.1 Å². The number of amides is 1. The molecular formula is C24H31N5O4S. The zero-order chi connectivity index (χ0) is 23.9. The first-order chi connectivity index (χ1) is 16.6. The van der Waals surface area contributed by atoms with Crippen molar-refractivity contribution in [2.75, 3.05) is 59.4 Å². The highest BCUT2D eigenvalue weighted by Gasteiger charge is 2.22. The zero-order valence-electron chi connectivity index (χ0n) is 19.8. The summed E-state index contributed by atoms with van der Waals surface area (Å²) in [7, 11) is 4.87. The molecule has 10 heteroatoms. The molecule has 3 aromatic rings. The number of benzene rings is 1. The van der Waals surface area contributed by atoms with E-state index in [1.807, 2.05) is 34.3 Å². The summed E-state index contributed by atoms with van der Waals surface area (Å²) < 4.78 is 18.3. The highest BCUT2D eigenvalue weighted by atomic mass is 32.1. The Kier molecular flexibility index (Phi) is 8.04. The van der Waals surface area contributed by atoms with Gasteiger partial charge in [0.2, 0.25) is 11.7 Å². The molecule has 182 valence electrons. The molecule has 1 fully saturated rings. The predicted octanol–water partition coefficient (Wildman–Crippen LogP) is 2.78. The summed E-state index contributed by atoms with van der Waals surface area (Å²) in [4.78, 5) is 18.4. The van der Waals surface area contributed by atoms with Gasteiger partial charge in [0.1, 0.15) is 5.82 Å². The Hall–Kier alpha value is -3.08. The zero-order valence-corrected chi connectivity index (χ0v) is 20.6. The summed E-state index contributed by atoms with van der Waals surface area (Å²) in [6.45, 7) is 5.11. The number of nitrogens with one attached hydrogen (secondary N) is 1. The van der Waals surface area contributed by atoms with Crippen molar-refractivity contribution in [2.24, 2.45) is 0 Å². The Bertz CT molecular complexity index is 1080. The van der Waals surface area contributed by atoms with Crippen molar-refractivity contribution in [3.63, 3.8) is 0 Å². The number of hydrogen-bond acceptors (Lipinski definition) is 8. The summed E-state index contributed by atoms with van der Waals surface area (Å²) in [5, 5.41) is 9.39. The van der Waals surface area contributed by atoms with Crippen LogP contribution in [0.5, 0.6) is 17.2 Å². The van der Waals surface area contributed by atoms with Gasteiger partial charge in [-0.1, -0.05) is 12.1 Å². The summed E-state index contributed by atoms with van der Waals surface area (Å²) in [5.74, 6) is 2.65. The van der Waals surface area contributed by atoms with Crippen LogP contribution in [-0.2, 0) is 17.9 Å². The lowest BCUT2D eigenvalue weighted by Gasteiger charge is -2.34. The molecule has 0 saturated carbocycles. The number of ether oxygens (including phenoxy) is 3. The molecule has 34 heavy (non-hydrogen) atoms. The van der Waals surface area contributed by atoms with Crippen LogP contribution in [0.15, 0.2) is 41.9 Å². The molecule has 0 aliphatic carbocycles. The van der Waals surface area contributed by atoms with Gasteiger partial charge in [-0.25, -0.2) is 4.68 Å². The number of anilines is 1. The topological polar surface area (TPSA) is 81.1 Å². The van der Waals surface area contributed by atoms with Crippen molar-refractivity contribution >= 4 is 23.1 Å². The highest BCUT2D eigenvalue weighted by Crippen LogP contribution is 2.40. The molecule has 0 unspecified atom stereocenters. The van der Waals surface area contributed by atoms with Crippen LogP contribution in [-0.4, -0.2) is 79.5 Å². The minimum absolute atomic E-state index is 0.0251. The van der Waals surface area contributed by atoms with Crippen LogP contribution in [0.25, 0.3) is 0 Å². The van der Waals surface area contributed by atoms with Gasteiger partial charge in [-0.05, 0) is 17.5 Å². The van der Waals surface area contributed by atoms with Crippen LogP contribution in [0.3, 0.4) is 0 Å². The standard InChI is InChI=1S/C24H31N5O4S/c1-31-20-7-6-18(23(32-2)24(20)33-3)15-27-10-12-28(13-11-27)17-22(30)26-21-8-9-25-29(21)16-19-5-4-14-34-19/h4-9,14H,10-13,15-17H2,1-3H3,(H,26,30). The second-order valence-electron chi connectivity index (χ2n) is 8.05. The molecule has 0 spiro atoms. The number of piperazine rings is 1. The number of carbonyl (C=O) groups excluding carboxylic acids is 1. The van der Waals surface area contributed by atoms with Crippen molar-refractivity contribution in [1.82, 2.24) is 19.6 Å². The van der Waals surface area contributed by atoms with Gasteiger partial charge in [0.25, 0.3) is 0 Å². The molecule has 9 nitrogen and oxygen atoms in total. The second-order valence-corrected chi connectivity index (χ2v) is 9.08. The van der Waals surface area contributed by atoms with Gasteiger partial charge in [0, 0.05) is 49.2 Å². The van der Waals surface area contributed by atoms with E-state index >= 15 is 0 Å². The molecule has 4 rings (SSSR count). The summed E-state index contributed by atoms with van der Waals surface area (Å²) in [6, 6.07) is 9.83. The van der Waals surface area contributed by atoms with Crippen molar-refractivity contribution in [2.45, 2.75) is 13.1 Å². The maximum atomic E-state index is 12.7. The Morgan fingerprint density at radius 3 is 2.41 bits per heavy atom. The van der Waals surface area contributed by atoms with E-state index in [4.69, 9.17) is 14.2 Å². The van der Waals surface area contributed by atoms with Crippen molar-refractivity contribution < 1.29 is 19.0 Å². The van der Waals surface area contributed by atoms with E-state index in [-0.39, 0.29) is 5.91 Å². The minimum Gasteiger partial charge on any atom is -0.493 e. The SMILES string of the molecule is COc1ccc(CN2CCN(CC(=O)Nc3ccnn3Cc3cccs3)CC2)c(OC)c1OC. The maximum Gasteiger partial charge on any atom is 0.239 e. The number of nitrogens with zero attached hydrogens (tertiary/aromatic N) is 4. The van der Waals surface area contributed by atoms with Crippen molar-refractivity contribution in [3.8, 4) is 17.2 Å². The van der Waals surface area contributed by atoms with Crippen LogP contribution < -0.4 is 19.5 Å².